The number of hydrogen-bond donors (Lipinski definition) is 2. The van der Waals surface area contributed by atoms with Gasteiger partial charge in [0, 0.05) is 24.3 Å². The lowest BCUT2D eigenvalue weighted by atomic mass is 9.76. The standard InChI is InChI=1S/C24H24N4O4/c29-20(25-17-8-3-9-18(14-17)27-13-5-11-21(27)30)15-28-22(31)24(26-23(28)32)12-4-7-16-6-1-2-10-19(16)24/h1-3,6,8-10,14H,4-5,7,11-13,15H2,(H,25,29)(H,26,32). The number of nitrogens with one attached hydrogen (secondary N) is 2. The average Bonchev–Trinajstić information content (AvgIpc) is 3.31. The van der Waals surface area contributed by atoms with Crippen molar-refractivity contribution in [1.82, 2.24) is 10.2 Å². The zero-order valence-corrected chi connectivity index (χ0v) is 17.6. The van der Waals surface area contributed by atoms with E-state index < -0.39 is 17.5 Å². The van der Waals surface area contributed by atoms with E-state index in [9.17, 15) is 19.2 Å². The fraction of sp³-hybridized carbons (Fsp3) is 0.333. The van der Waals surface area contributed by atoms with Crippen LogP contribution >= 0.6 is 0 Å². The summed E-state index contributed by atoms with van der Waals surface area (Å²) in [5, 5.41) is 5.61. The van der Waals surface area contributed by atoms with Crippen LogP contribution in [0.3, 0.4) is 0 Å². The number of nitrogens with zero attached hydrogens (tertiary/aromatic N) is 2. The molecule has 2 aromatic rings. The van der Waals surface area contributed by atoms with Crippen molar-refractivity contribution in [3.63, 3.8) is 0 Å². The van der Waals surface area contributed by atoms with Crippen molar-refractivity contribution in [2.24, 2.45) is 0 Å². The van der Waals surface area contributed by atoms with Crippen molar-refractivity contribution >= 4 is 35.1 Å². The first-order valence-electron chi connectivity index (χ1n) is 10.9. The van der Waals surface area contributed by atoms with E-state index in [1.54, 1.807) is 23.1 Å². The van der Waals surface area contributed by atoms with Gasteiger partial charge >= 0.3 is 6.03 Å². The lowest BCUT2D eigenvalue weighted by Crippen LogP contribution is -2.47. The first kappa shape index (κ1) is 20.2. The number of imide groups is 1. The summed E-state index contributed by atoms with van der Waals surface area (Å²) in [7, 11) is 0. The van der Waals surface area contributed by atoms with E-state index in [-0.39, 0.29) is 18.4 Å². The number of fused-ring (bicyclic) bond motifs is 2. The molecule has 2 aromatic carbocycles. The predicted octanol–water partition coefficient (Wildman–Crippen LogP) is 2.54. The van der Waals surface area contributed by atoms with E-state index in [1.807, 2.05) is 30.3 Å². The molecule has 164 valence electrons. The zero-order chi connectivity index (χ0) is 22.3. The van der Waals surface area contributed by atoms with Gasteiger partial charge in [0.05, 0.1) is 0 Å². The van der Waals surface area contributed by atoms with Crippen molar-refractivity contribution in [2.75, 3.05) is 23.3 Å². The molecule has 2 saturated heterocycles. The third-order valence-electron chi connectivity index (χ3n) is 6.47. The molecule has 0 aromatic heterocycles. The van der Waals surface area contributed by atoms with Gasteiger partial charge in [-0.1, -0.05) is 30.3 Å². The fourth-order valence-electron chi connectivity index (χ4n) is 4.97. The Balaban J connectivity index is 1.31. The lowest BCUT2D eigenvalue weighted by Gasteiger charge is -2.33. The predicted molar refractivity (Wildman–Crippen MR) is 118 cm³/mol. The summed E-state index contributed by atoms with van der Waals surface area (Å²) in [4.78, 5) is 53.4. The minimum Gasteiger partial charge on any atom is -0.324 e. The molecule has 1 atom stereocenters. The topological polar surface area (TPSA) is 98.8 Å². The molecule has 5 rings (SSSR count). The Bertz CT molecular complexity index is 1130. The Morgan fingerprint density at radius 3 is 2.69 bits per heavy atom. The number of anilines is 2. The number of aryl methyl sites for hydroxylation is 1. The first-order valence-corrected chi connectivity index (χ1v) is 10.9. The van der Waals surface area contributed by atoms with Gasteiger partial charge in [-0.2, -0.15) is 0 Å². The fourth-order valence-corrected chi connectivity index (χ4v) is 4.97. The van der Waals surface area contributed by atoms with Crippen molar-refractivity contribution < 1.29 is 19.2 Å². The summed E-state index contributed by atoms with van der Waals surface area (Å²) in [5.74, 6) is -0.799. The number of amides is 5. The van der Waals surface area contributed by atoms with Gasteiger partial charge in [-0.05, 0) is 55.0 Å². The smallest absolute Gasteiger partial charge is 0.324 e. The molecule has 32 heavy (non-hydrogen) atoms. The molecule has 2 heterocycles. The van der Waals surface area contributed by atoms with Crippen LogP contribution in [0.25, 0.3) is 0 Å². The molecule has 1 aliphatic carbocycles. The van der Waals surface area contributed by atoms with Crippen LogP contribution in [0.15, 0.2) is 48.5 Å². The molecular formula is C24H24N4O4. The Morgan fingerprint density at radius 2 is 1.88 bits per heavy atom. The molecule has 8 nitrogen and oxygen atoms in total. The van der Waals surface area contributed by atoms with Gasteiger partial charge in [0.25, 0.3) is 5.91 Å². The summed E-state index contributed by atoms with van der Waals surface area (Å²) in [6.45, 7) is 0.281. The summed E-state index contributed by atoms with van der Waals surface area (Å²) < 4.78 is 0. The molecule has 0 radical (unpaired) electrons. The Kier molecular flexibility index (Phi) is 4.92. The maximum Gasteiger partial charge on any atom is 0.325 e. The van der Waals surface area contributed by atoms with Gasteiger partial charge in [-0.3, -0.25) is 19.3 Å². The minimum absolute atomic E-state index is 0.0610. The number of hydrogen-bond acceptors (Lipinski definition) is 4. The van der Waals surface area contributed by atoms with Crippen LogP contribution in [0, 0.1) is 0 Å². The third-order valence-corrected chi connectivity index (χ3v) is 6.47. The maximum absolute atomic E-state index is 13.3. The van der Waals surface area contributed by atoms with E-state index >= 15 is 0 Å². The van der Waals surface area contributed by atoms with E-state index in [0.717, 1.165) is 41.0 Å². The lowest BCUT2D eigenvalue weighted by molar-refractivity contribution is -0.134. The van der Waals surface area contributed by atoms with Gasteiger partial charge in [0.15, 0.2) is 0 Å². The summed E-state index contributed by atoms with van der Waals surface area (Å²) >= 11 is 0. The van der Waals surface area contributed by atoms with Gasteiger partial charge < -0.3 is 15.5 Å². The normalized spacial score (nSPS) is 22.3. The quantitative estimate of drug-likeness (QED) is 0.726. The van der Waals surface area contributed by atoms with Crippen molar-refractivity contribution in [3.05, 3.63) is 59.7 Å². The van der Waals surface area contributed by atoms with Crippen LogP contribution < -0.4 is 15.5 Å². The third kappa shape index (κ3) is 3.32. The molecule has 8 heteroatoms. The van der Waals surface area contributed by atoms with Crippen LogP contribution in [-0.2, 0) is 26.3 Å². The van der Waals surface area contributed by atoms with Gasteiger partial charge in [-0.15, -0.1) is 0 Å². The molecule has 3 aliphatic rings. The highest BCUT2D eigenvalue weighted by Crippen LogP contribution is 2.39. The van der Waals surface area contributed by atoms with Crippen LogP contribution in [0.1, 0.15) is 36.8 Å². The summed E-state index contributed by atoms with van der Waals surface area (Å²) in [6, 6.07) is 14.1. The number of benzene rings is 2. The van der Waals surface area contributed by atoms with Crippen LogP contribution in [0.2, 0.25) is 0 Å². The molecular weight excluding hydrogens is 408 g/mol. The zero-order valence-electron chi connectivity index (χ0n) is 17.6. The number of carbonyl (C=O) groups is 4. The highest BCUT2D eigenvalue weighted by molar-refractivity contribution is 6.10. The molecule has 2 N–H and O–H groups in total. The van der Waals surface area contributed by atoms with Crippen LogP contribution in [-0.4, -0.2) is 41.7 Å². The Morgan fingerprint density at radius 1 is 1.03 bits per heavy atom. The molecule has 1 spiro atoms. The van der Waals surface area contributed by atoms with E-state index in [4.69, 9.17) is 0 Å². The van der Waals surface area contributed by atoms with E-state index in [2.05, 4.69) is 10.6 Å². The molecule has 5 amide bonds. The monoisotopic (exact) mass is 432 g/mol. The molecule has 0 saturated carbocycles. The van der Waals surface area contributed by atoms with E-state index in [0.29, 0.717) is 25.1 Å². The van der Waals surface area contributed by atoms with E-state index in [1.165, 1.54) is 0 Å². The van der Waals surface area contributed by atoms with Crippen molar-refractivity contribution in [3.8, 4) is 0 Å². The van der Waals surface area contributed by atoms with Gasteiger partial charge in [-0.25, -0.2) is 4.79 Å². The second-order valence-electron chi connectivity index (χ2n) is 8.48. The summed E-state index contributed by atoms with van der Waals surface area (Å²) in [5.41, 5.74) is 2.00. The molecule has 2 fully saturated rings. The number of rotatable bonds is 4. The number of carbonyl (C=O) groups excluding carboxylic acids is 4. The molecule has 1 unspecified atom stereocenters. The first-order chi connectivity index (χ1) is 15.5. The van der Waals surface area contributed by atoms with Crippen molar-refractivity contribution in [2.45, 2.75) is 37.6 Å². The largest absolute Gasteiger partial charge is 0.325 e. The van der Waals surface area contributed by atoms with Crippen LogP contribution in [0.4, 0.5) is 16.2 Å². The van der Waals surface area contributed by atoms with Gasteiger partial charge in [0.2, 0.25) is 11.8 Å². The summed E-state index contributed by atoms with van der Waals surface area (Å²) in [6.07, 6.45) is 3.49. The highest BCUT2D eigenvalue weighted by Gasteiger charge is 2.54. The molecule has 0 bridgehead atoms. The number of urea groups is 1. The minimum atomic E-state index is -1.10. The second-order valence-corrected chi connectivity index (χ2v) is 8.48. The van der Waals surface area contributed by atoms with Crippen molar-refractivity contribution in [1.29, 1.82) is 0 Å². The SMILES string of the molecule is O=C(CN1C(=O)NC2(CCCc3ccccc32)C1=O)Nc1cccc(N2CCCC2=O)c1. The maximum atomic E-state index is 13.3. The highest BCUT2D eigenvalue weighted by atomic mass is 16.2. The van der Waals surface area contributed by atoms with Crippen LogP contribution in [0.5, 0.6) is 0 Å². The Labute approximate surface area is 185 Å². The molecule has 2 aliphatic heterocycles. The second kappa shape index (κ2) is 7.78. The Hall–Kier alpha value is -3.68. The van der Waals surface area contributed by atoms with Gasteiger partial charge in [0.1, 0.15) is 12.1 Å². The average molecular weight is 432 g/mol.